The van der Waals surface area contributed by atoms with Crippen molar-refractivity contribution in [1.82, 2.24) is 4.90 Å². The Labute approximate surface area is 197 Å². The molecule has 0 aromatic heterocycles. The molecule has 0 aliphatic carbocycles. The van der Waals surface area contributed by atoms with Crippen LogP contribution in [0.5, 0.6) is 0 Å². The minimum atomic E-state index is -2.23. The van der Waals surface area contributed by atoms with Crippen LogP contribution in [0.1, 0.15) is 91.9 Å². The number of esters is 1. The van der Waals surface area contributed by atoms with Crippen LogP contribution in [0.15, 0.2) is 10.2 Å². The van der Waals surface area contributed by atoms with E-state index in [2.05, 4.69) is 42.9 Å². The number of hydrogen-bond donors (Lipinski definition) is 1. The molecule has 1 saturated heterocycles. The molecule has 1 heterocycles. The zero-order valence-electron chi connectivity index (χ0n) is 21.2. The van der Waals surface area contributed by atoms with E-state index >= 15 is 0 Å². The molecule has 3 unspecified atom stereocenters. The van der Waals surface area contributed by atoms with Crippen LogP contribution in [-0.4, -0.2) is 66.7 Å². The summed E-state index contributed by atoms with van der Waals surface area (Å²) in [7, 11) is 2.09. The van der Waals surface area contributed by atoms with Gasteiger partial charge in [-0.3, -0.25) is 0 Å². The number of carbonyl (C=O) groups is 1. The molecule has 3 atom stereocenters. The van der Waals surface area contributed by atoms with Crippen molar-refractivity contribution in [2.75, 3.05) is 20.1 Å². The van der Waals surface area contributed by atoms with Gasteiger partial charge >= 0.3 is 198 Å². The van der Waals surface area contributed by atoms with Crippen LogP contribution in [0.4, 0.5) is 0 Å². The molecule has 0 spiro atoms. The number of nitrogens with zero attached hydrogens (tertiary/aromatic N) is 1. The first-order valence-electron chi connectivity index (χ1n) is 13.1. The van der Waals surface area contributed by atoms with Gasteiger partial charge in [-0.15, -0.1) is 0 Å². The molecule has 0 saturated carbocycles. The second-order valence-corrected chi connectivity index (χ2v) is 22.8. The third-order valence-electron chi connectivity index (χ3n) is 7.05. The van der Waals surface area contributed by atoms with Crippen LogP contribution in [-0.2, 0) is 9.53 Å². The second-order valence-electron chi connectivity index (χ2n) is 9.82. The van der Waals surface area contributed by atoms with Gasteiger partial charge in [0.2, 0.25) is 0 Å². The SMILES string of the molecule is CCC[CH2][Sn]([CH]=CCCC(O)C1CN(C)CCC1OC(=O)CC)([CH2]CCC)[CH2]CCC. The Kier molecular flexibility index (Phi) is 15.4. The summed E-state index contributed by atoms with van der Waals surface area (Å²) < 4.78 is 12.9. The van der Waals surface area contributed by atoms with Crippen LogP contribution < -0.4 is 0 Å². The molecule has 0 radical (unpaired) electrons. The Bertz CT molecular complexity index is 489. The molecule has 0 aromatic carbocycles. The molecule has 1 fully saturated rings. The quantitative estimate of drug-likeness (QED) is 0.182. The number of carbonyl (C=O) groups excluding carboxylic acids is 1. The van der Waals surface area contributed by atoms with Gasteiger partial charge in [0.1, 0.15) is 0 Å². The van der Waals surface area contributed by atoms with Crippen LogP contribution >= 0.6 is 0 Å². The summed E-state index contributed by atoms with van der Waals surface area (Å²) in [5, 5.41) is 11.0. The number of piperidine rings is 1. The Morgan fingerprint density at radius 3 is 2.19 bits per heavy atom. The van der Waals surface area contributed by atoms with Crippen molar-refractivity contribution < 1.29 is 14.6 Å². The second kappa shape index (κ2) is 16.5. The van der Waals surface area contributed by atoms with Crippen LogP contribution in [0.2, 0.25) is 13.3 Å². The summed E-state index contributed by atoms with van der Waals surface area (Å²) in [6, 6.07) is 0. The van der Waals surface area contributed by atoms with Gasteiger partial charge in [0.15, 0.2) is 0 Å². The summed E-state index contributed by atoms with van der Waals surface area (Å²) in [5.74, 6) is -0.121. The normalized spacial score (nSPS) is 21.5. The Morgan fingerprint density at radius 1 is 1.10 bits per heavy atom. The van der Waals surface area contributed by atoms with Crippen molar-refractivity contribution in [1.29, 1.82) is 0 Å². The van der Waals surface area contributed by atoms with E-state index in [4.69, 9.17) is 4.74 Å². The molecule has 0 aromatic rings. The average Bonchev–Trinajstić information content (AvgIpc) is 2.78. The summed E-state index contributed by atoms with van der Waals surface area (Å²) >= 11 is -2.23. The van der Waals surface area contributed by atoms with E-state index in [1.54, 1.807) is 0 Å². The van der Waals surface area contributed by atoms with Gasteiger partial charge in [-0.2, -0.15) is 0 Å². The van der Waals surface area contributed by atoms with Crippen molar-refractivity contribution >= 4 is 24.3 Å². The van der Waals surface area contributed by atoms with E-state index in [0.29, 0.717) is 6.42 Å². The minimum absolute atomic E-state index is 0.0243. The average molecular weight is 544 g/mol. The monoisotopic (exact) mass is 545 g/mol. The number of unbranched alkanes of at least 4 members (excludes halogenated alkanes) is 3. The predicted octanol–water partition coefficient (Wildman–Crippen LogP) is 6.35. The molecular weight excluding hydrogens is 493 g/mol. The van der Waals surface area contributed by atoms with Crippen LogP contribution in [0.3, 0.4) is 0 Å². The van der Waals surface area contributed by atoms with Gasteiger partial charge in [-0.05, 0) is 0 Å². The van der Waals surface area contributed by atoms with Crippen molar-refractivity contribution in [3.8, 4) is 0 Å². The van der Waals surface area contributed by atoms with E-state index < -0.39 is 24.5 Å². The number of hydrogen-bond acceptors (Lipinski definition) is 4. The molecule has 0 bridgehead atoms. The fourth-order valence-corrected chi connectivity index (χ4v) is 19.5. The fraction of sp³-hybridized carbons (Fsp3) is 0.885. The fourth-order valence-electron chi connectivity index (χ4n) is 4.92. The zero-order valence-corrected chi connectivity index (χ0v) is 24.1. The Balaban J connectivity index is 2.73. The van der Waals surface area contributed by atoms with Crippen molar-refractivity contribution in [2.45, 2.75) is 117 Å². The molecule has 1 aliphatic heterocycles. The summed E-state index contributed by atoms with van der Waals surface area (Å²) in [6.07, 6.45) is 12.9. The van der Waals surface area contributed by atoms with Gasteiger partial charge < -0.3 is 0 Å². The molecule has 4 nitrogen and oxygen atoms in total. The van der Waals surface area contributed by atoms with E-state index in [9.17, 15) is 9.90 Å². The number of likely N-dealkylation sites (tertiary alicyclic amines) is 1. The number of allylic oxidation sites excluding steroid dienone is 1. The Morgan fingerprint density at radius 2 is 1.68 bits per heavy atom. The van der Waals surface area contributed by atoms with Gasteiger partial charge in [-0.1, -0.05) is 0 Å². The molecule has 1 aliphatic rings. The Hall–Kier alpha value is -0.0713. The van der Waals surface area contributed by atoms with Crippen LogP contribution in [0.25, 0.3) is 0 Å². The third-order valence-corrected chi connectivity index (χ3v) is 21.3. The van der Waals surface area contributed by atoms with Gasteiger partial charge in [0.25, 0.3) is 0 Å². The van der Waals surface area contributed by atoms with E-state index in [1.165, 1.54) is 51.8 Å². The molecule has 5 heteroatoms. The molecular formula is C26H51NO3Sn. The molecule has 182 valence electrons. The van der Waals surface area contributed by atoms with E-state index in [1.807, 2.05) is 6.92 Å². The maximum absolute atomic E-state index is 11.8. The first kappa shape index (κ1) is 29.0. The molecule has 1 rings (SSSR count). The predicted molar refractivity (Wildman–Crippen MR) is 135 cm³/mol. The maximum atomic E-state index is 11.8. The molecule has 0 amide bonds. The first-order valence-corrected chi connectivity index (χ1v) is 20.8. The van der Waals surface area contributed by atoms with Crippen LogP contribution in [0, 0.1) is 5.92 Å². The first-order chi connectivity index (χ1) is 14.9. The summed E-state index contributed by atoms with van der Waals surface area (Å²) in [6.45, 7) is 10.5. The van der Waals surface area contributed by atoms with Crippen molar-refractivity contribution in [2.24, 2.45) is 5.92 Å². The van der Waals surface area contributed by atoms with Gasteiger partial charge in [-0.25, -0.2) is 0 Å². The number of ether oxygens (including phenoxy) is 1. The van der Waals surface area contributed by atoms with Gasteiger partial charge in [0, 0.05) is 0 Å². The molecule has 1 N–H and O–H groups in total. The van der Waals surface area contributed by atoms with Crippen molar-refractivity contribution in [3.63, 3.8) is 0 Å². The van der Waals surface area contributed by atoms with E-state index in [0.717, 1.165) is 32.4 Å². The standard InChI is InChI=1S/C14H24NO3.3C4H9.Sn/c1-4-6-7-12(16)11-10-15(3)9-8-13(11)18-14(17)5-2;3*1-3-4-2;/h1,4,11-13,16H,5-10H2,2-3H3;3*1,3-4H2,2H3;. The van der Waals surface area contributed by atoms with E-state index in [-0.39, 0.29) is 18.0 Å². The van der Waals surface area contributed by atoms with Crippen molar-refractivity contribution in [3.05, 3.63) is 10.2 Å². The number of aliphatic hydroxyl groups is 1. The number of rotatable bonds is 16. The summed E-state index contributed by atoms with van der Waals surface area (Å²) in [4.78, 5) is 14.1. The number of aliphatic hydroxyl groups excluding tert-OH is 1. The molecule has 31 heavy (non-hydrogen) atoms. The summed E-state index contributed by atoms with van der Waals surface area (Å²) in [5.41, 5.74) is 0. The van der Waals surface area contributed by atoms with Gasteiger partial charge in [0.05, 0.1) is 0 Å². The third kappa shape index (κ3) is 11.1. The topological polar surface area (TPSA) is 49.8 Å². The zero-order chi connectivity index (χ0) is 23.1.